The van der Waals surface area contributed by atoms with Gasteiger partial charge in [0.15, 0.2) is 5.82 Å². The van der Waals surface area contributed by atoms with Gasteiger partial charge in [0.05, 0.1) is 5.69 Å². The molecule has 1 fully saturated rings. The van der Waals surface area contributed by atoms with E-state index in [2.05, 4.69) is 4.98 Å². The average Bonchev–Trinajstić information content (AvgIpc) is 2.04. The molecule has 13 heavy (non-hydrogen) atoms. The van der Waals surface area contributed by atoms with E-state index >= 15 is 0 Å². The SMILES string of the molecule is Nc1ccc(OC2CCC2)nc1N. The Balaban J connectivity index is 2.07. The van der Waals surface area contributed by atoms with Crippen molar-refractivity contribution in [3.05, 3.63) is 12.1 Å². The molecule has 4 heteroatoms. The minimum Gasteiger partial charge on any atom is -0.474 e. The molecule has 70 valence electrons. The second-order valence-electron chi connectivity index (χ2n) is 3.29. The summed E-state index contributed by atoms with van der Waals surface area (Å²) < 4.78 is 5.54. The second-order valence-corrected chi connectivity index (χ2v) is 3.29. The van der Waals surface area contributed by atoms with Gasteiger partial charge >= 0.3 is 0 Å². The Labute approximate surface area is 76.9 Å². The first-order valence-electron chi connectivity index (χ1n) is 4.44. The Morgan fingerprint density at radius 3 is 2.62 bits per heavy atom. The van der Waals surface area contributed by atoms with Crippen molar-refractivity contribution in [2.75, 3.05) is 11.5 Å². The first kappa shape index (κ1) is 8.16. The van der Waals surface area contributed by atoms with Gasteiger partial charge in [0.25, 0.3) is 0 Å². The molecular formula is C9H13N3O. The summed E-state index contributed by atoms with van der Waals surface area (Å²) in [7, 11) is 0. The van der Waals surface area contributed by atoms with E-state index in [-0.39, 0.29) is 0 Å². The number of pyridine rings is 1. The zero-order valence-electron chi connectivity index (χ0n) is 7.36. The highest BCUT2D eigenvalue weighted by molar-refractivity contribution is 5.58. The van der Waals surface area contributed by atoms with Gasteiger partial charge in [-0.05, 0) is 25.3 Å². The summed E-state index contributed by atoms with van der Waals surface area (Å²) >= 11 is 0. The van der Waals surface area contributed by atoms with Crippen molar-refractivity contribution in [3.63, 3.8) is 0 Å². The molecule has 1 aromatic heterocycles. The van der Waals surface area contributed by atoms with Crippen LogP contribution >= 0.6 is 0 Å². The molecule has 1 aliphatic carbocycles. The smallest absolute Gasteiger partial charge is 0.215 e. The molecule has 0 saturated heterocycles. The van der Waals surface area contributed by atoms with Gasteiger partial charge in [-0.2, -0.15) is 4.98 Å². The Kier molecular flexibility index (Phi) is 1.96. The Hall–Kier alpha value is -1.45. The summed E-state index contributed by atoms with van der Waals surface area (Å²) in [5.41, 5.74) is 11.6. The van der Waals surface area contributed by atoms with Crippen LogP contribution in [0.1, 0.15) is 19.3 Å². The van der Waals surface area contributed by atoms with Gasteiger partial charge in [0, 0.05) is 6.07 Å². The second kappa shape index (κ2) is 3.12. The molecule has 1 heterocycles. The minimum absolute atomic E-state index is 0.329. The quantitative estimate of drug-likeness (QED) is 0.714. The first-order chi connectivity index (χ1) is 6.25. The maximum atomic E-state index is 5.54. The van der Waals surface area contributed by atoms with Crippen LogP contribution < -0.4 is 16.2 Å². The standard InChI is InChI=1S/C9H13N3O/c10-7-4-5-8(12-9(7)11)13-6-2-1-3-6/h4-6H,1-3,10H2,(H2,11,12). The molecule has 0 atom stereocenters. The number of hydrogen-bond acceptors (Lipinski definition) is 4. The third-order valence-electron chi connectivity index (χ3n) is 2.27. The lowest BCUT2D eigenvalue weighted by Crippen LogP contribution is -2.25. The Morgan fingerprint density at radius 1 is 1.31 bits per heavy atom. The van der Waals surface area contributed by atoms with Crippen molar-refractivity contribution in [2.24, 2.45) is 0 Å². The maximum Gasteiger partial charge on any atom is 0.215 e. The highest BCUT2D eigenvalue weighted by Crippen LogP contribution is 2.25. The van der Waals surface area contributed by atoms with Gasteiger partial charge in [-0.15, -0.1) is 0 Å². The predicted molar refractivity (Wildman–Crippen MR) is 51.3 cm³/mol. The molecule has 1 saturated carbocycles. The monoisotopic (exact) mass is 179 g/mol. The van der Waals surface area contributed by atoms with Crippen molar-refractivity contribution in [2.45, 2.75) is 25.4 Å². The fourth-order valence-electron chi connectivity index (χ4n) is 1.19. The van der Waals surface area contributed by atoms with E-state index in [0.717, 1.165) is 12.8 Å². The van der Waals surface area contributed by atoms with Crippen LogP contribution in [0, 0.1) is 0 Å². The lowest BCUT2D eigenvalue weighted by Gasteiger charge is -2.25. The van der Waals surface area contributed by atoms with Gasteiger partial charge in [0.2, 0.25) is 5.88 Å². The van der Waals surface area contributed by atoms with E-state index in [0.29, 0.717) is 23.5 Å². The topological polar surface area (TPSA) is 74.2 Å². The largest absolute Gasteiger partial charge is 0.474 e. The fourth-order valence-corrected chi connectivity index (χ4v) is 1.19. The zero-order valence-corrected chi connectivity index (χ0v) is 7.36. The van der Waals surface area contributed by atoms with Crippen molar-refractivity contribution in [1.82, 2.24) is 4.98 Å². The highest BCUT2D eigenvalue weighted by atomic mass is 16.5. The summed E-state index contributed by atoms with van der Waals surface area (Å²) in [6.07, 6.45) is 3.81. The molecule has 0 unspecified atom stereocenters. The van der Waals surface area contributed by atoms with Crippen LogP contribution in [0.2, 0.25) is 0 Å². The zero-order chi connectivity index (χ0) is 9.26. The van der Waals surface area contributed by atoms with E-state index in [9.17, 15) is 0 Å². The first-order valence-corrected chi connectivity index (χ1v) is 4.44. The van der Waals surface area contributed by atoms with Gasteiger partial charge in [0.1, 0.15) is 6.10 Å². The lowest BCUT2D eigenvalue weighted by atomic mass is 9.96. The van der Waals surface area contributed by atoms with Crippen LogP contribution in [-0.4, -0.2) is 11.1 Å². The molecule has 1 aliphatic rings. The summed E-state index contributed by atoms with van der Waals surface area (Å²) in [4.78, 5) is 4.03. The lowest BCUT2D eigenvalue weighted by molar-refractivity contribution is 0.115. The number of aromatic nitrogens is 1. The van der Waals surface area contributed by atoms with Crippen LogP contribution in [-0.2, 0) is 0 Å². The number of ether oxygens (including phenoxy) is 1. The number of rotatable bonds is 2. The van der Waals surface area contributed by atoms with Crippen molar-refractivity contribution in [3.8, 4) is 5.88 Å². The van der Waals surface area contributed by atoms with E-state index in [1.54, 1.807) is 12.1 Å². The third-order valence-corrected chi connectivity index (χ3v) is 2.27. The molecule has 0 spiro atoms. The van der Waals surface area contributed by atoms with Crippen molar-refractivity contribution < 1.29 is 4.74 Å². The molecule has 0 aromatic carbocycles. The molecule has 0 amide bonds. The molecule has 0 radical (unpaired) electrons. The molecule has 4 nitrogen and oxygen atoms in total. The van der Waals surface area contributed by atoms with Gasteiger partial charge in [-0.25, -0.2) is 0 Å². The van der Waals surface area contributed by atoms with Crippen molar-refractivity contribution in [1.29, 1.82) is 0 Å². The normalized spacial score (nSPS) is 16.6. The molecule has 4 N–H and O–H groups in total. The van der Waals surface area contributed by atoms with E-state index in [1.165, 1.54) is 6.42 Å². The number of nitrogens with two attached hydrogens (primary N) is 2. The number of anilines is 2. The number of nitrogen functional groups attached to an aromatic ring is 2. The van der Waals surface area contributed by atoms with Crippen LogP contribution in [0.3, 0.4) is 0 Å². The van der Waals surface area contributed by atoms with E-state index in [4.69, 9.17) is 16.2 Å². The van der Waals surface area contributed by atoms with Gasteiger partial charge in [-0.3, -0.25) is 0 Å². The molecular weight excluding hydrogens is 166 g/mol. The van der Waals surface area contributed by atoms with Gasteiger partial charge in [-0.1, -0.05) is 0 Å². The summed E-state index contributed by atoms with van der Waals surface area (Å²) in [5.74, 6) is 0.924. The average molecular weight is 179 g/mol. The molecule has 2 rings (SSSR count). The minimum atomic E-state index is 0.329. The molecule has 0 bridgehead atoms. The fraction of sp³-hybridized carbons (Fsp3) is 0.444. The summed E-state index contributed by atoms with van der Waals surface area (Å²) in [5, 5.41) is 0. The van der Waals surface area contributed by atoms with E-state index < -0.39 is 0 Å². The van der Waals surface area contributed by atoms with Crippen LogP contribution in [0.4, 0.5) is 11.5 Å². The van der Waals surface area contributed by atoms with Crippen LogP contribution in [0.25, 0.3) is 0 Å². The molecule has 0 aliphatic heterocycles. The summed E-state index contributed by atoms with van der Waals surface area (Å²) in [6.45, 7) is 0. The van der Waals surface area contributed by atoms with Crippen LogP contribution in [0.15, 0.2) is 12.1 Å². The maximum absolute atomic E-state index is 5.54. The number of hydrogen-bond donors (Lipinski definition) is 2. The molecule has 1 aromatic rings. The van der Waals surface area contributed by atoms with Gasteiger partial charge < -0.3 is 16.2 Å². The van der Waals surface area contributed by atoms with Crippen LogP contribution in [0.5, 0.6) is 5.88 Å². The van der Waals surface area contributed by atoms with E-state index in [1.807, 2.05) is 0 Å². The summed E-state index contributed by atoms with van der Waals surface area (Å²) in [6, 6.07) is 3.47. The Bertz CT molecular complexity index is 310. The third kappa shape index (κ3) is 1.66. The Morgan fingerprint density at radius 2 is 2.08 bits per heavy atom. The predicted octanol–water partition coefficient (Wildman–Crippen LogP) is 1.18. The number of nitrogens with zero attached hydrogens (tertiary/aromatic N) is 1. The van der Waals surface area contributed by atoms with Crippen molar-refractivity contribution >= 4 is 11.5 Å². The highest BCUT2D eigenvalue weighted by Gasteiger charge is 2.19.